The van der Waals surface area contributed by atoms with Crippen molar-refractivity contribution >= 4 is 5.91 Å². The number of ether oxygens (including phenoxy) is 3. The molecule has 1 aromatic rings. The molecule has 1 amide bonds. The van der Waals surface area contributed by atoms with E-state index < -0.39 is 0 Å². The van der Waals surface area contributed by atoms with Crippen LogP contribution >= 0.6 is 0 Å². The maximum absolute atomic E-state index is 12.9. The molecule has 2 saturated heterocycles. The van der Waals surface area contributed by atoms with Gasteiger partial charge in [0.25, 0.3) is 0 Å². The lowest BCUT2D eigenvalue weighted by molar-refractivity contribution is -0.129. The molecule has 2 atom stereocenters. The fourth-order valence-corrected chi connectivity index (χ4v) is 3.94. The average Bonchev–Trinajstić information content (AvgIpc) is 3.12. The number of aliphatic hydroxyl groups is 1. The Morgan fingerprint density at radius 2 is 1.93 bits per heavy atom. The third-order valence-electron chi connectivity index (χ3n) is 5.60. The van der Waals surface area contributed by atoms with Gasteiger partial charge in [0.15, 0.2) is 0 Å². The molecule has 3 rings (SSSR count). The number of morpholine rings is 1. The molecule has 0 spiro atoms. The van der Waals surface area contributed by atoms with Crippen LogP contribution in [-0.4, -0.2) is 87.6 Å². The van der Waals surface area contributed by atoms with Crippen LogP contribution < -0.4 is 9.47 Å². The van der Waals surface area contributed by atoms with Crippen molar-refractivity contribution in [3.63, 3.8) is 0 Å². The number of carbonyl (C=O) groups is 1. The van der Waals surface area contributed by atoms with Crippen LogP contribution in [0.4, 0.5) is 0 Å². The number of methoxy groups -OCH3 is 2. The summed E-state index contributed by atoms with van der Waals surface area (Å²) >= 11 is 0. The number of benzene rings is 1. The van der Waals surface area contributed by atoms with Gasteiger partial charge in [0.2, 0.25) is 5.91 Å². The van der Waals surface area contributed by atoms with Gasteiger partial charge in [0.05, 0.1) is 33.9 Å². The fraction of sp³-hybridized carbons (Fsp3) is 0.650. The van der Waals surface area contributed by atoms with E-state index in [-0.39, 0.29) is 24.9 Å². The third kappa shape index (κ3) is 4.91. The first-order valence-electron chi connectivity index (χ1n) is 9.54. The SMILES string of the molecule is COc1ccc(CC(=O)N2CC(CO)C(CN3CCOCC3)C2)c(OC)c1. The minimum absolute atomic E-state index is 0.0707. The second-order valence-corrected chi connectivity index (χ2v) is 7.27. The van der Waals surface area contributed by atoms with Crippen LogP contribution in [-0.2, 0) is 16.0 Å². The monoisotopic (exact) mass is 378 g/mol. The van der Waals surface area contributed by atoms with Crippen molar-refractivity contribution < 1.29 is 24.1 Å². The Kier molecular flexibility index (Phi) is 6.93. The van der Waals surface area contributed by atoms with Crippen molar-refractivity contribution in [2.45, 2.75) is 6.42 Å². The second kappa shape index (κ2) is 9.39. The number of likely N-dealkylation sites (tertiary alicyclic amines) is 1. The lowest BCUT2D eigenvalue weighted by Crippen LogP contribution is -2.41. The molecule has 27 heavy (non-hydrogen) atoms. The van der Waals surface area contributed by atoms with Gasteiger partial charge >= 0.3 is 0 Å². The molecule has 7 heteroatoms. The minimum atomic E-state index is 0.0707. The van der Waals surface area contributed by atoms with E-state index in [1.807, 2.05) is 17.0 Å². The summed E-state index contributed by atoms with van der Waals surface area (Å²) in [5.41, 5.74) is 0.848. The van der Waals surface area contributed by atoms with Crippen molar-refractivity contribution in [2.24, 2.45) is 11.8 Å². The largest absolute Gasteiger partial charge is 0.497 e. The highest BCUT2D eigenvalue weighted by atomic mass is 16.5. The molecule has 0 aromatic heterocycles. The summed E-state index contributed by atoms with van der Waals surface area (Å²) in [7, 11) is 3.20. The summed E-state index contributed by atoms with van der Waals surface area (Å²) < 4.78 is 16.0. The lowest BCUT2D eigenvalue weighted by Gasteiger charge is -2.30. The Bertz CT molecular complexity index is 633. The first kappa shape index (κ1) is 19.9. The first-order valence-corrected chi connectivity index (χ1v) is 9.54. The Hall–Kier alpha value is -1.83. The summed E-state index contributed by atoms with van der Waals surface area (Å²) in [5, 5.41) is 9.78. The molecule has 2 heterocycles. The van der Waals surface area contributed by atoms with E-state index in [9.17, 15) is 9.90 Å². The summed E-state index contributed by atoms with van der Waals surface area (Å²) in [6, 6.07) is 5.51. The van der Waals surface area contributed by atoms with Gasteiger partial charge in [-0.1, -0.05) is 6.07 Å². The molecule has 2 aliphatic rings. The van der Waals surface area contributed by atoms with Crippen molar-refractivity contribution in [3.05, 3.63) is 23.8 Å². The molecular formula is C20H30N2O5. The number of aliphatic hydroxyl groups excluding tert-OH is 1. The van der Waals surface area contributed by atoms with E-state index in [1.54, 1.807) is 20.3 Å². The normalized spacial score (nSPS) is 23.4. The highest BCUT2D eigenvalue weighted by molar-refractivity contribution is 5.80. The highest BCUT2D eigenvalue weighted by Crippen LogP contribution is 2.28. The highest BCUT2D eigenvalue weighted by Gasteiger charge is 2.36. The number of carbonyl (C=O) groups excluding carboxylic acids is 1. The average molecular weight is 378 g/mol. The molecule has 2 fully saturated rings. The van der Waals surface area contributed by atoms with Gasteiger partial charge in [-0.3, -0.25) is 9.69 Å². The Balaban J connectivity index is 1.61. The van der Waals surface area contributed by atoms with E-state index in [4.69, 9.17) is 14.2 Å². The number of hydrogen-bond acceptors (Lipinski definition) is 6. The van der Waals surface area contributed by atoms with Crippen molar-refractivity contribution in [2.75, 3.05) is 66.8 Å². The number of amides is 1. The van der Waals surface area contributed by atoms with Crippen LogP contribution in [0.15, 0.2) is 18.2 Å². The first-order chi connectivity index (χ1) is 13.1. The van der Waals surface area contributed by atoms with Gasteiger partial charge in [-0.15, -0.1) is 0 Å². The predicted molar refractivity (Wildman–Crippen MR) is 101 cm³/mol. The van der Waals surface area contributed by atoms with Gasteiger partial charge in [0, 0.05) is 56.9 Å². The van der Waals surface area contributed by atoms with Gasteiger partial charge in [-0.25, -0.2) is 0 Å². The summed E-state index contributed by atoms with van der Waals surface area (Å²) in [6.07, 6.45) is 0.287. The fourth-order valence-electron chi connectivity index (χ4n) is 3.94. The van der Waals surface area contributed by atoms with Gasteiger partial charge in [0.1, 0.15) is 11.5 Å². The maximum atomic E-state index is 12.9. The molecule has 1 aromatic carbocycles. The molecule has 150 valence electrons. The minimum Gasteiger partial charge on any atom is -0.497 e. The molecular weight excluding hydrogens is 348 g/mol. The molecule has 0 radical (unpaired) electrons. The second-order valence-electron chi connectivity index (χ2n) is 7.27. The van der Waals surface area contributed by atoms with E-state index >= 15 is 0 Å². The smallest absolute Gasteiger partial charge is 0.227 e. The van der Waals surface area contributed by atoms with Crippen LogP contribution in [0.5, 0.6) is 11.5 Å². The van der Waals surface area contributed by atoms with E-state index in [0.29, 0.717) is 30.5 Å². The number of rotatable bonds is 7. The molecule has 7 nitrogen and oxygen atoms in total. The molecule has 0 bridgehead atoms. The van der Waals surface area contributed by atoms with Crippen LogP contribution in [0.1, 0.15) is 5.56 Å². The predicted octanol–water partition coefficient (Wildman–Crippen LogP) is 0.645. The van der Waals surface area contributed by atoms with Crippen LogP contribution in [0.2, 0.25) is 0 Å². The molecule has 2 aliphatic heterocycles. The summed E-state index contributed by atoms with van der Waals surface area (Å²) in [5.74, 6) is 1.87. The Morgan fingerprint density at radius 1 is 1.19 bits per heavy atom. The molecule has 0 aliphatic carbocycles. The van der Waals surface area contributed by atoms with Crippen molar-refractivity contribution in [1.82, 2.24) is 9.80 Å². The standard InChI is InChI=1S/C20H30N2O5/c1-25-18-4-3-15(19(10-18)26-2)9-20(24)22-12-16(17(13-22)14-23)11-21-5-7-27-8-6-21/h3-4,10,16-17,23H,5-9,11-14H2,1-2H3. The Labute approximate surface area is 160 Å². The maximum Gasteiger partial charge on any atom is 0.227 e. The van der Waals surface area contributed by atoms with E-state index in [0.717, 1.165) is 38.4 Å². The van der Waals surface area contributed by atoms with Crippen molar-refractivity contribution in [1.29, 1.82) is 0 Å². The van der Waals surface area contributed by atoms with Crippen LogP contribution in [0.25, 0.3) is 0 Å². The molecule has 2 unspecified atom stereocenters. The quantitative estimate of drug-likeness (QED) is 0.751. The number of nitrogens with zero attached hydrogens (tertiary/aromatic N) is 2. The topological polar surface area (TPSA) is 71.5 Å². The van der Waals surface area contributed by atoms with Crippen LogP contribution in [0, 0.1) is 11.8 Å². The lowest BCUT2D eigenvalue weighted by atomic mass is 9.96. The molecule has 0 saturated carbocycles. The van der Waals surface area contributed by atoms with Gasteiger partial charge in [-0.05, 0) is 12.0 Å². The van der Waals surface area contributed by atoms with Gasteiger partial charge < -0.3 is 24.2 Å². The zero-order valence-corrected chi connectivity index (χ0v) is 16.2. The van der Waals surface area contributed by atoms with Gasteiger partial charge in [-0.2, -0.15) is 0 Å². The number of hydrogen-bond donors (Lipinski definition) is 1. The zero-order chi connectivity index (χ0) is 19.2. The van der Waals surface area contributed by atoms with E-state index in [2.05, 4.69) is 4.90 Å². The zero-order valence-electron chi connectivity index (χ0n) is 16.2. The van der Waals surface area contributed by atoms with E-state index in [1.165, 1.54) is 0 Å². The summed E-state index contributed by atoms with van der Waals surface area (Å²) in [6.45, 7) is 5.70. The van der Waals surface area contributed by atoms with Crippen molar-refractivity contribution in [3.8, 4) is 11.5 Å². The Morgan fingerprint density at radius 3 is 2.59 bits per heavy atom. The summed E-state index contributed by atoms with van der Waals surface area (Å²) in [4.78, 5) is 17.1. The van der Waals surface area contributed by atoms with Crippen LogP contribution in [0.3, 0.4) is 0 Å². The molecule has 1 N–H and O–H groups in total. The third-order valence-corrected chi connectivity index (χ3v) is 5.60.